The smallest absolute Gasteiger partial charge is 0.328 e. The second kappa shape index (κ2) is 4.51. The fourth-order valence-corrected chi connectivity index (χ4v) is 1.23. The molecule has 1 N–H and O–H groups in total. The highest BCUT2D eigenvalue weighted by molar-refractivity contribution is 5.79. The van der Waals surface area contributed by atoms with Crippen LogP contribution < -0.4 is 5.32 Å². The molecule has 0 aliphatic rings. The Bertz CT molecular complexity index is 368. The van der Waals surface area contributed by atoms with Crippen LogP contribution in [-0.4, -0.2) is 29.3 Å². The Morgan fingerprint density at radius 3 is 2.44 bits per heavy atom. The quantitative estimate of drug-likeness (QED) is 0.786. The molecule has 0 fully saturated rings. The topological polar surface area (TPSA) is 77.2 Å². The third-order valence-corrected chi connectivity index (χ3v) is 2.10. The van der Waals surface area contributed by atoms with Crippen molar-refractivity contribution in [1.29, 1.82) is 0 Å². The summed E-state index contributed by atoms with van der Waals surface area (Å²) in [6.07, 6.45) is 0. The van der Waals surface area contributed by atoms with Gasteiger partial charge in [0.1, 0.15) is 6.04 Å². The molecule has 1 rings (SSSR count). The van der Waals surface area contributed by atoms with Crippen LogP contribution in [0.4, 0.5) is 6.01 Å². The maximum Gasteiger partial charge on any atom is 0.328 e. The molecule has 90 valence electrons. The molecule has 0 saturated heterocycles. The van der Waals surface area contributed by atoms with Gasteiger partial charge in [-0.3, -0.25) is 0 Å². The van der Waals surface area contributed by atoms with Gasteiger partial charge < -0.3 is 14.5 Å². The lowest BCUT2D eigenvalue weighted by Gasteiger charge is -2.28. The number of nitrogens with one attached hydrogen (secondary N) is 1. The Hall–Kier alpha value is -1.59. The number of aromatic nitrogens is 2. The fourth-order valence-electron chi connectivity index (χ4n) is 1.23. The van der Waals surface area contributed by atoms with Crippen molar-refractivity contribution < 1.29 is 13.9 Å². The molecule has 1 aromatic heterocycles. The molecule has 0 radical (unpaired) electrons. The molecule has 0 aromatic carbocycles. The Kier molecular flexibility index (Phi) is 3.51. The van der Waals surface area contributed by atoms with Gasteiger partial charge >= 0.3 is 12.0 Å². The molecular weight excluding hydrogens is 210 g/mol. The van der Waals surface area contributed by atoms with E-state index < -0.39 is 6.04 Å². The number of methoxy groups -OCH3 is 1. The maximum atomic E-state index is 11.6. The summed E-state index contributed by atoms with van der Waals surface area (Å²) in [5.74, 6) is 0.0865. The summed E-state index contributed by atoms with van der Waals surface area (Å²) in [5.41, 5.74) is -0.310. The van der Waals surface area contributed by atoms with Crippen LogP contribution in [-0.2, 0) is 9.53 Å². The predicted molar refractivity (Wildman–Crippen MR) is 57.9 cm³/mol. The van der Waals surface area contributed by atoms with E-state index in [-0.39, 0.29) is 17.4 Å². The average molecular weight is 227 g/mol. The van der Waals surface area contributed by atoms with Crippen molar-refractivity contribution >= 4 is 12.0 Å². The SMILES string of the molecule is COC(=O)C(Nc1nnc(C)o1)C(C)(C)C. The van der Waals surface area contributed by atoms with Gasteiger partial charge in [-0.1, -0.05) is 25.9 Å². The van der Waals surface area contributed by atoms with Gasteiger partial charge in [0.25, 0.3) is 0 Å². The number of hydrogen-bond donors (Lipinski definition) is 1. The first-order valence-corrected chi connectivity index (χ1v) is 4.99. The number of rotatable bonds is 3. The van der Waals surface area contributed by atoms with Crippen LogP contribution >= 0.6 is 0 Å². The Labute approximate surface area is 94.4 Å². The lowest BCUT2D eigenvalue weighted by atomic mass is 9.87. The molecule has 0 bridgehead atoms. The van der Waals surface area contributed by atoms with Crippen molar-refractivity contribution in [3.05, 3.63) is 5.89 Å². The molecular formula is C10H17N3O3. The summed E-state index contributed by atoms with van der Waals surface area (Å²) in [7, 11) is 1.35. The molecule has 6 heteroatoms. The van der Waals surface area contributed by atoms with E-state index in [4.69, 9.17) is 9.15 Å². The molecule has 0 spiro atoms. The number of carbonyl (C=O) groups excluding carboxylic acids is 1. The molecule has 1 unspecified atom stereocenters. The third kappa shape index (κ3) is 2.95. The van der Waals surface area contributed by atoms with Crippen LogP contribution in [0.25, 0.3) is 0 Å². The lowest BCUT2D eigenvalue weighted by Crippen LogP contribution is -2.42. The number of nitrogens with zero attached hydrogens (tertiary/aromatic N) is 2. The molecule has 1 aromatic rings. The van der Waals surface area contributed by atoms with Crippen LogP contribution in [0.2, 0.25) is 0 Å². The van der Waals surface area contributed by atoms with E-state index in [1.54, 1.807) is 6.92 Å². The van der Waals surface area contributed by atoms with Crippen molar-refractivity contribution in [2.45, 2.75) is 33.7 Å². The van der Waals surface area contributed by atoms with Gasteiger partial charge in [-0.05, 0) is 5.41 Å². The van der Waals surface area contributed by atoms with E-state index in [0.29, 0.717) is 5.89 Å². The van der Waals surface area contributed by atoms with E-state index in [1.165, 1.54) is 7.11 Å². The predicted octanol–water partition coefficient (Wildman–Crippen LogP) is 1.38. The molecule has 0 saturated carbocycles. The molecule has 1 atom stereocenters. The summed E-state index contributed by atoms with van der Waals surface area (Å²) in [6.45, 7) is 7.45. The van der Waals surface area contributed by atoms with Gasteiger partial charge in [-0.25, -0.2) is 4.79 Å². The molecule has 16 heavy (non-hydrogen) atoms. The zero-order valence-electron chi connectivity index (χ0n) is 10.2. The van der Waals surface area contributed by atoms with E-state index in [2.05, 4.69) is 15.5 Å². The van der Waals surface area contributed by atoms with Crippen LogP contribution in [0, 0.1) is 12.3 Å². The van der Waals surface area contributed by atoms with Gasteiger partial charge in [-0.15, -0.1) is 5.10 Å². The van der Waals surface area contributed by atoms with Crippen molar-refractivity contribution in [1.82, 2.24) is 10.2 Å². The third-order valence-electron chi connectivity index (χ3n) is 2.10. The number of carbonyl (C=O) groups is 1. The first-order valence-electron chi connectivity index (χ1n) is 4.99. The van der Waals surface area contributed by atoms with Crippen molar-refractivity contribution in [2.75, 3.05) is 12.4 Å². The van der Waals surface area contributed by atoms with E-state index >= 15 is 0 Å². The fraction of sp³-hybridized carbons (Fsp3) is 0.700. The van der Waals surface area contributed by atoms with Crippen LogP contribution in [0.1, 0.15) is 26.7 Å². The van der Waals surface area contributed by atoms with Crippen molar-refractivity contribution in [3.8, 4) is 0 Å². The molecule has 0 amide bonds. The number of hydrogen-bond acceptors (Lipinski definition) is 6. The highest BCUT2D eigenvalue weighted by atomic mass is 16.5. The summed E-state index contributed by atoms with van der Waals surface area (Å²) in [6, 6.07) is -0.305. The summed E-state index contributed by atoms with van der Waals surface area (Å²) < 4.78 is 9.89. The minimum atomic E-state index is -0.530. The van der Waals surface area contributed by atoms with Crippen LogP contribution in [0.15, 0.2) is 4.42 Å². The monoisotopic (exact) mass is 227 g/mol. The Balaban J connectivity index is 2.83. The first-order chi connectivity index (χ1) is 7.34. The highest BCUT2D eigenvalue weighted by Gasteiger charge is 2.33. The molecule has 0 aliphatic carbocycles. The number of esters is 1. The molecule has 1 heterocycles. The Morgan fingerprint density at radius 2 is 2.06 bits per heavy atom. The van der Waals surface area contributed by atoms with Gasteiger partial charge in [0.15, 0.2) is 0 Å². The minimum Gasteiger partial charge on any atom is -0.467 e. The highest BCUT2D eigenvalue weighted by Crippen LogP contribution is 2.23. The summed E-state index contributed by atoms with van der Waals surface area (Å²) in [4.78, 5) is 11.6. The first kappa shape index (κ1) is 12.5. The largest absolute Gasteiger partial charge is 0.467 e. The second-order valence-electron chi connectivity index (χ2n) is 4.59. The van der Waals surface area contributed by atoms with E-state index in [9.17, 15) is 4.79 Å². The summed E-state index contributed by atoms with van der Waals surface area (Å²) in [5, 5.41) is 10.3. The zero-order valence-corrected chi connectivity index (χ0v) is 10.2. The summed E-state index contributed by atoms with van der Waals surface area (Å²) >= 11 is 0. The Morgan fingerprint density at radius 1 is 1.44 bits per heavy atom. The van der Waals surface area contributed by atoms with Gasteiger partial charge in [0, 0.05) is 6.92 Å². The zero-order chi connectivity index (χ0) is 12.3. The molecule has 6 nitrogen and oxygen atoms in total. The maximum absolute atomic E-state index is 11.6. The average Bonchev–Trinajstić information content (AvgIpc) is 2.57. The van der Waals surface area contributed by atoms with Gasteiger partial charge in [-0.2, -0.15) is 0 Å². The van der Waals surface area contributed by atoms with E-state index in [1.807, 2.05) is 20.8 Å². The van der Waals surface area contributed by atoms with Gasteiger partial charge in [0.2, 0.25) is 5.89 Å². The van der Waals surface area contributed by atoms with Gasteiger partial charge in [0.05, 0.1) is 7.11 Å². The molecule has 0 aliphatic heterocycles. The standard InChI is InChI=1S/C10H17N3O3/c1-6-12-13-9(16-6)11-7(8(14)15-5)10(2,3)4/h7H,1-5H3,(H,11,13). The normalized spacial score (nSPS) is 13.3. The number of aryl methyl sites for hydroxylation is 1. The second-order valence-corrected chi connectivity index (χ2v) is 4.59. The van der Waals surface area contributed by atoms with Crippen LogP contribution in [0.3, 0.4) is 0 Å². The number of anilines is 1. The van der Waals surface area contributed by atoms with Crippen molar-refractivity contribution in [3.63, 3.8) is 0 Å². The van der Waals surface area contributed by atoms with Crippen molar-refractivity contribution in [2.24, 2.45) is 5.41 Å². The van der Waals surface area contributed by atoms with Crippen LogP contribution in [0.5, 0.6) is 0 Å². The lowest BCUT2D eigenvalue weighted by molar-refractivity contribution is -0.143. The number of ether oxygens (including phenoxy) is 1. The van der Waals surface area contributed by atoms with E-state index in [0.717, 1.165) is 0 Å². The minimum absolute atomic E-state index is 0.225.